The van der Waals surface area contributed by atoms with Gasteiger partial charge in [0.2, 0.25) is 0 Å². The number of carbonyl (C=O) groups excluding carboxylic acids is 1. The first-order chi connectivity index (χ1) is 14.2. The van der Waals surface area contributed by atoms with Crippen molar-refractivity contribution in [3.63, 3.8) is 0 Å². The fourth-order valence-corrected chi connectivity index (χ4v) is 4.82. The molecule has 0 bridgehead atoms. The molecule has 3 aromatic rings. The summed E-state index contributed by atoms with van der Waals surface area (Å²) in [5.41, 5.74) is 3.75. The lowest BCUT2D eigenvalue weighted by atomic mass is 10.1. The Kier molecular flexibility index (Phi) is 6.30. The van der Waals surface area contributed by atoms with Crippen LogP contribution in [0, 0.1) is 0 Å². The van der Waals surface area contributed by atoms with Crippen molar-refractivity contribution >= 4 is 32.7 Å². The predicted molar refractivity (Wildman–Crippen MR) is 121 cm³/mol. The Hall–Kier alpha value is -2.60. The minimum Gasteiger partial charge on any atom is -0.345 e. The molecule has 5 nitrogen and oxygen atoms in total. The number of nitrogens with one attached hydrogen (secondary N) is 1. The van der Waals surface area contributed by atoms with E-state index in [1.54, 1.807) is 11.3 Å². The Balaban J connectivity index is 1.25. The molecule has 1 aliphatic heterocycles. The standard InChI is InChI=1S/C23H28N4OS/c1-2-19-11-6-12-20-21(19)25-23(29-20)27-16-14-26(15-17-27)22(28)24-13-7-10-18-8-4-3-5-9-18/h3-6,8-9,11-12H,2,7,10,13-17H2,1H3,(H,24,28). The molecular weight excluding hydrogens is 380 g/mol. The number of amides is 2. The maximum atomic E-state index is 12.5. The molecule has 152 valence electrons. The normalized spacial score (nSPS) is 14.4. The largest absolute Gasteiger partial charge is 0.345 e. The van der Waals surface area contributed by atoms with E-state index in [4.69, 9.17) is 4.98 Å². The molecule has 29 heavy (non-hydrogen) atoms. The smallest absolute Gasteiger partial charge is 0.317 e. The first-order valence-electron chi connectivity index (χ1n) is 10.4. The molecule has 1 saturated heterocycles. The van der Waals surface area contributed by atoms with Crippen LogP contribution in [0.4, 0.5) is 9.93 Å². The number of nitrogens with zero attached hydrogens (tertiary/aromatic N) is 3. The fraction of sp³-hybridized carbons (Fsp3) is 0.391. The van der Waals surface area contributed by atoms with Crippen LogP contribution < -0.4 is 10.2 Å². The van der Waals surface area contributed by atoms with Gasteiger partial charge in [0.25, 0.3) is 0 Å². The van der Waals surface area contributed by atoms with Gasteiger partial charge in [0.15, 0.2) is 5.13 Å². The fourth-order valence-electron chi connectivity index (χ4n) is 3.76. The molecule has 1 N–H and O–H groups in total. The van der Waals surface area contributed by atoms with Crippen molar-refractivity contribution in [2.24, 2.45) is 0 Å². The number of piperazine rings is 1. The molecule has 0 saturated carbocycles. The van der Waals surface area contributed by atoms with Crippen molar-refractivity contribution in [2.75, 3.05) is 37.6 Å². The molecule has 2 heterocycles. The van der Waals surface area contributed by atoms with Crippen LogP contribution in [0.5, 0.6) is 0 Å². The van der Waals surface area contributed by atoms with Gasteiger partial charge in [-0.15, -0.1) is 0 Å². The summed E-state index contributed by atoms with van der Waals surface area (Å²) in [6.07, 6.45) is 2.95. The van der Waals surface area contributed by atoms with Crippen LogP contribution in [0.3, 0.4) is 0 Å². The molecular formula is C23H28N4OS. The number of rotatable bonds is 6. The van der Waals surface area contributed by atoms with E-state index >= 15 is 0 Å². The van der Waals surface area contributed by atoms with Crippen molar-refractivity contribution in [1.82, 2.24) is 15.2 Å². The number of carbonyl (C=O) groups is 1. The lowest BCUT2D eigenvalue weighted by Gasteiger charge is -2.34. The molecule has 0 atom stereocenters. The van der Waals surface area contributed by atoms with Gasteiger partial charge >= 0.3 is 6.03 Å². The summed E-state index contributed by atoms with van der Waals surface area (Å²) in [6.45, 7) is 6.02. The summed E-state index contributed by atoms with van der Waals surface area (Å²) in [7, 11) is 0. The second-order valence-corrected chi connectivity index (χ2v) is 8.42. The number of fused-ring (bicyclic) bond motifs is 1. The third-order valence-corrected chi connectivity index (χ3v) is 6.55. The van der Waals surface area contributed by atoms with Gasteiger partial charge in [0.05, 0.1) is 10.2 Å². The van der Waals surface area contributed by atoms with Crippen LogP contribution in [0.15, 0.2) is 48.5 Å². The molecule has 6 heteroatoms. The Morgan fingerprint density at radius 3 is 2.62 bits per heavy atom. The van der Waals surface area contributed by atoms with Crippen molar-refractivity contribution in [3.8, 4) is 0 Å². The molecule has 0 spiro atoms. The maximum Gasteiger partial charge on any atom is 0.317 e. The van der Waals surface area contributed by atoms with Gasteiger partial charge in [0.1, 0.15) is 0 Å². The number of anilines is 1. The third kappa shape index (κ3) is 4.70. The number of para-hydroxylation sites is 1. The van der Waals surface area contributed by atoms with Crippen molar-refractivity contribution in [2.45, 2.75) is 26.2 Å². The highest BCUT2D eigenvalue weighted by Crippen LogP contribution is 2.31. The number of thiazole rings is 1. The van der Waals surface area contributed by atoms with E-state index in [0.717, 1.165) is 56.1 Å². The van der Waals surface area contributed by atoms with Gasteiger partial charge in [-0.25, -0.2) is 9.78 Å². The van der Waals surface area contributed by atoms with E-state index in [0.29, 0.717) is 6.54 Å². The summed E-state index contributed by atoms with van der Waals surface area (Å²) in [6, 6.07) is 16.9. The summed E-state index contributed by atoms with van der Waals surface area (Å²) in [4.78, 5) is 21.6. The Morgan fingerprint density at radius 2 is 1.86 bits per heavy atom. The first-order valence-corrected chi connectivity index (χ1v) is 11.3. The Labute approximate surface area is 176 Å². The molecule has 1 fully saturated rings. The monoisotopic (exact) mass is 408 g/mol. The van der Waals surface area contributed by atoms with Gasteiger partial charge in [-0.3, -0.25) is 0 Å². The molecule has 2 amide bonds. The highest BCUT2D eigenvalue weighted by Gasteiger charge is 2.23. The SMILES string of the molecule is CCc1cccc2sc(N3CCN(C(=O)NCCCc4ccccc4)CC3)nc12. The molecule has 1 aromatic heterocycles. The molecule has 0 aliphatic carbocycles. The summed E-state index contributed by atoms with van der Waals surface area (Å²) < 4.78 is 1.25. The lowest BCUT2D eigenvalue weighted by molar-refractivity contribution is 0.194. The average molecular weight is 409 g/mol. The van der Waals surface area contributed by atoms with Gasteiger partial charge < -0.3 is 15.1 Å². The van der Waals surface area contributed by atoms with Crippen molar-refractivity contribution in [1.29, 1.82) is 0 Å². The van der Waals surface area contributed by atoms with E-state index in [1.165, 1.54) is 15.8 Å². The average Bonchev–Trinajstić information content (AvgIpc) is 3.22. The first kappa shape index (κ1) is 19.7. The zero-order chi connectivity index (χ0) is 20.1. The minimum absolute atomic E-state index is 0.0512. The molecule has 1 aliphatic rings. The van der Waals surface area contributed by atoms with Crippen LogP contribution in [-0.2, 0) is 12.8 Å². The maximum absolute atomic E-state index is 12.5. The molecule has 4 rings (SSSR count). The van der Waals surface area contributed by atoms with E-state index in [2.05, 4.69) is 59.6 Å². The molecule has 2 aromatic carbocycles. The highest BCUT2D eigenvalue weighted by atomic mass is 32.1. The third-order valence-electron chi connectivity index (χ3n) is 5.47. The zero-order valence-corrected chi connectivity index (χ0v) is 17.8. The number of aryl methyl sites for hydroxylation is 2. The number of hydrogen-bond acceptors (Lipinski definition) is 4. The highest BCUT2D eigenvalue weighted by molar-refractivity contribution is 7.22. The lowest BCUT2D eigenvalue weighted by Crippen LogP contribution is -2.52. The zero-order valence-electron chi connectivity index (χ0n) is 16.9. The van der Waals surface area contributed by atoms with Gasteiger partial charge in [-0.05, 0) is 36.5 Å². The van der Waals surface area contributed by atoms with Crippen molar-refractivity contribution in [3.05, 3.63) is 59.7 Å². The Bertz CT molecular complexity index is 948. The van der Waals surface area contributed by atoms with Crippen molar-refractivity contribution < 1.29 is 4.79 Å². The quantitative estimate of drug-likeness (QED) is 0.618. The van der Waals surface area contributed by atoms with Gasteiger partial charge in [-0.2, -0.15) is 0 Å². The summed E-state index contributed by atoms with van der Waals surface area (Å²) >= 11 is 1.75. The van der Waals surface area contributed by atoms with E-state index in [1.807, 2.05) is 11.0 Å². The van der Waals surface area contributed by atoms with Crippen LogP contribution in [0.2, 0.25) is 0 Å². The molecule has 0 unspecified atom stereocenters. The summed E-state index contributed by atoms with van der Waals surface area (Å²) in [5, 5.41) is 4.14. The number of aromatic nitrogens is 1. The summed E-state index contributed by atoms with van der Waals surface area (Å²) in [5.74, 6) is 0. The number of urea groups is 1. The second kappa shape index (κ2) is 9.27. The van der Waals surface area contributed by atoms with Crippen LogP contribution in [0.25, 0.3) is 10.2 Å². The van der Waals surface area contributed by atoms with Gasteiger partial charge in [0, 0.05) is 32.7 Å². The van der Waals surface area contributed by atoms with Crippen LogP contribution in [-0.4, -0.2) is 48.6 Å². The van der Waals surface area contributed by atoms with E-state index in [9.17, 15) is 4.79 Å². The second-order valence-electron chi connectivity index (χ2n) is 7.41. The van der Waals surface area contributed by atoms with E-state index in [-0.39, 0.29) is 6.03 Å². The Morgan fingerprint density at radius 1 is 1.07 bits per heavy atom. The number of benzene rings is 2. The topological polar surface area (TPSA) is 48.5 Å². The predicted octanol–water partition coefficient (Wildman–Crippen LogP) is 4.32. The van der Waals surface area contributed by atoms with Gasteiger partial charge in [-0.1, -0.05) is 60.7 Å². The van der Waals surface area contributed by atoms with E-state index < -0.39 is 0 Å². The number of hydrogen-bond donors (Lipinski definition) is 1. The van der Waals surface area contributed by atoms with Crippen LogP contribution >= 0.6 is 11.3 Å². The minimum atomic E-state index is 0.0512. The van der Waals surface area contributed by atoms with Crippen LogP contribution in [0.1, 0.15) is 24.5 Å². The molecule has 0 radical (unpaired) electrons.